The molecule has 0 aliphatic carbocycles. The van der Waals surface area contributed by atoms with E-state index in [4.69, 9.17) is 34.8 Å². The number of ketones is 1. The molecule has 1 rings (SSSR count). The first-order chi connectivity index (χ1) is 7.20. The minimum atomic E-state index is -0.855. The van der Waals surface area contributed by atoms with Crippen molar-refractivity contribution in [2.24, 2.45) is 5.41 Å². The second-order valence-electron chi connectivity index (χ2n) is 3.38. The molecule has 0 aliphatic rings. The minimum absolute atomic E-state index is 0.0944. The Morgan fingerprint density at radius 3 is 1.87 bits per heavy atom. The summed E-state index contributed by atoms with van der Waals surface area (Å²) in [6.45, 7) is 0. The molecule has 82 valence electrons. The van der Waals surface area contributed by atoms with Gasteiger partial charge in [0, 0.05) is 23.2 Å². The van der Waals surface area contributed by atoms with Gasteiger partial charge in [0.05, 0.1) is 5.41 Å². The van der Waals surface area contributed by atoms with Gasteiger partial charge in [-0.25, -0.2) is 0 Å². The Labute approximate surface area is 104 Å². The van der Waals surface area contributed by atoms with E-state index in [2.05, 4.69) is 0 Å². The molecule has 1 aromatic rings. The molecule has 0 heterocycles. The van der Waals surface area contributed by atoms with Crippen LogP contribution >= 0.6 is 34.8 Å². The first-order valence-electron chi connectivity index (χ1n) is 4.48. The maximum absolute atomic E-state index is 12.1. The largest absolute Gasteiger partial charge is 0.293 e. The van der Waals surface area contributed by atoms with Gasteiger partial charge in [-0.1, -0.05) is 30.3 Å². The van der Waals surface area contributed by atoms with Gasteiger partial charge in [0.15, 0.2) is 5.78 Å². The molecule has 0 saturated heterocycles. The van der Waals surface area contributed by atoms with Gasteiger partial charge in [-0.3, -0.25) is 4.79 Å². The van der Waals surface area contributed by atoms with E-state index in [1.807, 2.05) is 6.07 Å². The molecule has 0 atom stereocenters. The van der Waals surface area contributed by atoms with Crippen molar-refractivity contribution in [1.82, 2.24) is 0 Å². The Balaban J connectivity index is 3.01. The molecule has 1 aromatic carbocycles. The fourth-order valence-corrected chi connectivity index (χ4v) is 2.41. The molecule has 0 N–H and O–H groups in total. The zero-order chi connectivity index (χ0) is 11.3. The molecule has 0 aliphatic heterocycles. The average molecular weight is 266 g/mol. The number of halogens is 3. The zero-order valence-electron chi connectivity index (χ0n) is 8.05. The third kappa shape index (κ3) is 2.66. The second-order valence-corrected chi connectivity index (χ2v) is 4.18. The monoisotopic (exact) mass is 264 g/mol. The van der Waals surface area contributed by atoms with Crippen molar-refractivity contribution < 1.29 is 4.79 Å². The zero-order valence-corrected chi connectivity index (χ0v) is 10.3. The lowest BCUT2D eigenvalue weighted by Gasteiger charge is -2.25. The Hall–Kier alpha value is -0.240. The van der Waals surface area contributed by atoms with Crippen LogP contribution in [0, 0.1) is 5.41 Å². The standard InChI is InChI=1S/C11H11Cl3O/c12-6-11(7-13,8-14)10(15)9-4-2-1-3-5-9/h1-5H,6-8H2. The smallest absolute Gasteiger partial charge is 0.172 e. The van der Waals surface area contributed by atoms with Crippen molar-refractivity contribution in [3.63, 3.8) is 0 Å². The van der Waals surface area contributed by atoms with Gasteiger partial charge in [0.1, 0.15) is 0 Å². The van der Waals surface area contributed by atoms with Gasteiger partial charge in [-0.15, -0.1) is 34.8 Å². The summed E-state index contributed by atoms with van der Waals surface area (Å²) in [6.07, 6.45) is 0. The fourth-order valence-electron chi connectivity index (χ4n) is 1.18. The summed E-state index contributed by atoms with van der Waals surface area (Å²) < 4.78 is 0. The van der Waals surface area contributed by atoms with E-state index >= 15 is 0 Å². The molecular weight excluding hydrogens is 254 g/mol. The van der Waals surface area contributed by atoms with Gasteiger partial charge in [-0.2, -0.15) is 0 Å². The van der Waals surface area contributed by atoms with Crippen molar-refractivity contribution in [3.8, 4) is 0 Å². The molecule has 0 saturated carbocycles. The van der Waals surface area contributed by atoms with Crippen molar-refractivity contribution in [2.75, 3.05) is 17.6 Å². The quantitative estimate of drug-likeness (QED) is 0.587. The minimum Gasteiger partial charge on any atom is -0.293 e. The predicted molar refractivity (Wildman–Crippen MR) is 65.4 cm³/mol. The molecule has 15 heavy (non-hydrogen) atoms. The molecule has 0 fully saturated rings. The number of hydrogen-bond donors (Lipinski definition) is 0. The van der Waals surface area contributed by atoms with Gasteiger partial charge in [0.25, 0.3) is 0 Å². The highest BCUT2D eigenvalue weighted by atomic mass is 35.5. The van der Waals surface area contributed by atoms with Crippen LogP contribution in [0.4, 0.5) is 0 Å². The summed E-state index contributed by atoms with van der Waals surface area (Å²) in [7, 11) is 0. The van der Waals surface area contributed by atoms with Crippen LogP contribution in [-0.4, -0.2) is 23.4 Å². The number of carbonyl (C=O) groups excluding carboxylic acids is 1. The number of alkyl halides is 3. The van der Waals surface area contributed by atoms with E-state index in [-0.39, 0.29) is 23.4 Å². The lowest BCUT2D eigenvalue weighted by atomic mass is 9.86. The van der Waals surface area contributed by atoms with Gasteiger partial charge in [0.2, 0.25) is 0 Å². The van der Waals surface area contributed by atoms with Crippen molar-refractivity contribution in [2.45, 2.75) is 0 Å². The van der Waals surface area contributed by atoms with Crippen LogP contribution in [-0.2, 0) is 0 Å². The van der Waals surface area contributed by atoms with Crippen LogP contribution in [0.1, 0.15) is 10.4 Å². The highest BCUT2D eigenvalue weighted by Crippen LogP contribution is 2.28. The SMILES string of the molecule is O=C(c1ccccc1)C(CCl)(CCl)CCl. The maximum atomic E-state index is 12.1. The third-order valence-electron chi connectivity index (χ3n) is 2.29. The molecule has 0 bridgehead atoms. The maximum Gasteiger partial charge on any atom is 0.172 e. The fraction of sp³-hybridized carbons (Fsp3) is 0.364. The number of hydrogen-bond acceptors (Lipinski definition) is 1. The van der Waals surface area contributed by atoms with Crippen LogP contribution in [0.5, 0.6) is 0 Å². The van der Waals surface area contributed by atoms with Crippen LogP contribution < -0.4 is 0 Å². The highest BCUT2D eigenvalue weighted by Gasteiger charge is 2.36. The Morgan fingerprint density at radius 1 is 1.00 bits per heavy atom. The van der Waals surface area contributed by atoms with Gasteiger partial charge >= 0.3 is 0 Å². The van der Waals surface area contributed by atoms with Gasteiger partial charge < -0.3 is 0 Å². The first-order valence-corrected chi connectivity index (χ1v) is 6.08. The van der Waals surface area contributed by atoms with E-state index < -0.39 is 5.41 Å². The van der Waals surface area contributed by atoms with Crippen LogP contribution in [0.3, 0.4) is 0 Å². The Kier molecular flexibility index (Phi) is 4.91. The Morgan fingerprint density at radius 2 is 1.47 bits per heavy atom. The topological polar surface area (TPSA) is 17.1 Å². The van der Waals surface area contributed by atoms with Crippen molar-refractivity contribution in [3.05, 3.63) is 35.9 Å². The van der Waals surface area contributed by atoms with E-state index in [0.29, 0.717) is 5.56 Å². The van der Waals surface area contributed by atoms with Gasteiger partial charge in [-0.05, 0) is 0 Å². The molecule has 0 radical (unpaired) electrons. The van der Waals surface area contributed by atoms with Crippen LogP contribution in [0.2, 0.25) is 0 Å². The third-order valence-corrected chi connectivity index (χ3v) is 3.82. The summed E-state index contributed by atoms with van der Waals surface area (Å²) in [5.74, 6) is 0.304. The lowest BCUT2D eigenvalue weighted by Crippen LogP contribution is -2.37. The molecule has 1 nitrogen and oxygen atoms in total. The van der Waals surface area contributed by atoms with Crippen molar-refractivity contribution in [1.29, 1.82) is 0 Å². The molecule has 0 amide bonds. The number of Topliss-reactive ketones (excluding diaryl/α,β-unsaturated/α-hetero) is 1. The predicted octanol–water partition coefficient (Wildman–Crippen LogP) is 3.57. The van der Waals surface area contributed by atoms with E-state index in [0.717, 1.165) is 0 Å². The van der Waals surface area contributed by atoms with Crippen LogP contribution in [0.25, 0.3) is 0 Å². The molecule has 4 heteroatoms. The number of rotatable bonds is 5. The normalized spacial score (nSPS) is 11.4. The molecule has 0 aromatic heterocycles. The molecular formula is C11H11Cl3O. The summed E-state index contributed by atoms with van der Waals surface area (Å²) in [4.78, 5) is 12.1. The van der Waals surface area contributed by atoms with E-state index in [1.54, 1.807) is 24.3 Å². The van der Waals surface area contributed by atoms with E-state index in [1.165, 1.54) is 0 Å². The van der Waals surface area contributed by atoms with Crippen LogP contribution in [0.15, 0.2) is 30.3 Å². The first kappa shape index (κ1) is 12.8. The van der Waals surface area contributed by atoms with E-state index in [9.17, 15) is 4.79 Å². The number of benzene rings is 1. The highest BCUT2D eigenvalue weighted by molar-refractivity contribution is 6.29. The van der Waals surface area contributed by atoms with Crippen molar-refractivity contribution >= 4 is 40.6 Å². The Bertz CT molecular complexity index is 312. The summed E-state index contributed by atoms with van der Waals surface area (Å²) >= 11 is 17.3. The molecule has 0 unspecified atom stereocenters. The number of carbonyl (C=O) groups is 1. The lowest BCUT2D eigenvalue weighted by molar-refractivity contribution is 0.0869. The average Bonchev–Trinajstić information content (AvgIpc) is 2.33. The second kappa shape index (κ2) is 5.74. The summed E-state index contributed by atoms with van der Waals surface area (Å²) in [5, 5.41) is 0. The molecule has 0 spiro atoms. The summed E-state index contributed by atoms with van der Waals surface area (Å²) in [5.41, 5.74) is -0.258. The summed E-state index contributed by atoms with van der Waals surface area (Å²) in [6, 6.07) is 8.93.